The summed E-state index contributed by atoms with van der Waals surface area (Å²) >= 11 is 0. The van der Waals surface area contributed by atoms with E-state index in [0.717, 1.165) is 23.8 Å². The smallest absolute Gasteiger partial charge is 0.208 e. The predicted molar refractivity (Wildman–Crippen MR) is 78.0 cm³/mol. The topological polar surface area (TPSA) is 38.1 Å². The third kappa shape index (κ3) is 3.93. The van der Waals surface area contributed by atoms with Gasteiger partial charge in [-0.05, 0) is 38.4 Å². The molecule has 0 saturated heterocycles. The van der Waals surface area contributed by atoms with Gasteiger partial charge in [-0.1, -0.05) is 31.0 Å². The van der Waals surface area contributed by atoms with E-state index in [2.05, 4.69) is 56.2 Å². The molecule has 0 radical (unpaired) electrons. The molecule has 2 aromatic rings. The van der Waals surface area contributed by atoms with Crippen molar-refractivity contribution in [2.45, 2.75) is 34.2 Å². The molecule has 1 heterocycles. The number of rotatable bonds is 5. The fourth-order valence-electron chi connectivity index (χ4n) is 2.11. The quantitative estimate of drug-likeness (QED) is 0.888. The highest BCUT2D eigenvalue weighted by Gasteiger charge is 2.07. The first kappa shape index (κ1) is 13.8. The highest BCUT2D eigenvalue weighted by molar-refractivity contribution is 5.58. The summed E-state index contributed by atoms with van der Waals surface area (Å²) in [5.74, 6) is 2.22. The zero-order chi connectivity index (χ0) is 13.8. The van der Waals surface area contributed by atoms with Gasteiger partial charge in [0.2, 0.25) is 5.89 Å². The molecule has 0 aliphatic heterocycles. The van der Waals surface area contributed by atoms with E-state index in [-0.39, 0.29) is 0 Å². The second-order valence-electron chi connectivity index (χ2n) is 5.52. The van der Waals surface area contributed by atoms with E-state index in [1.165, 1.54) is 11.1 Å². The Labute approximate surface area is 115 Å². The van der Waals surface area contributed by atoms with E-state index in [1.54, 1.807) is 6.20 Å². The number of aryl methyl sites for hydroxylation is 2. The Balaban J connectivity index is 2.07. The summed E-state index contributed by atoms with van der Waals surface area (Å²) in [6.07, 6.45) is 1.81. The van der Waals surface area contributed by atoms with Crippen molar-refractivity contribution in [3.8, 4) is 11.3 Å². The first-order valence-corrected chi connectivity index (χ1v) is 6.78. The third-order valence-corrected chi connectivity index (χ3v) is 2.89. The van der Waals surface area contributed by atoms with Gasteiger partial charge in [-0.15, -0.1) is 0 Å². The Bertz CT molecular complexity index is 523. The lowest BCUT2D eigenvalue weighted by Crippen LogP contribution is -2.18. The standard InChI is InChI=1S/C16H22N2O/c1-11(2)8-17-10-16-18-9-15(19-16)14-6-12(3)5-13(4)7-14/h5-7,9,11,17H,8,10H2,1-4H3. The Kier molecular flexibility index (Phi) is 4.38. The average Bonchev–Trinajstić information content (AvgIpc) is 2.76. The fourth-order valence-corrected chi connectivity index (χ4v) is 2.11. The number of hydrogen-bond donors (Lipinski definition) is 1. The minimum absolute atomic E-state index is 0.633. The van der Waals surface area contributed by atoms with Crippen LogP contribution in [0.5, 0.6) is 0 Å². The summed E-state index contributed by atoms with van der Waals surface area (Å²) in [4.78, 5) is 4.32. The molecule has 0 spiro atoms. The summed E-state index contributed by atoms with van der Waals surface area (Å²) in [6, 6.07) is 6.41. The van der Waals surface area contributed by atoms with Gasteiger partial charge in [0.15, 0.2) is 5.76 Å². The van der Waals surface area contributed by atoms with Crippen molar-refractivity contribution in [2.75, 3.05) is 6.54 Å². The Hall–Kier alpha value is -1.61. The largest absolute Gasteiger partial charge is 0.439 e. The molecule has 0 saturated carbocycles. The van der Waals surface area contributed by atoms with Crippen molar-refractivity contribution in [1.82, 2.24) is 10.3 Å². The van der Waals surface area contributed by atoms with Crippen molar-refractivity contribution in [3.63, 3.8) is 0 Å². The lowest BCUT2D eigenvalue weighted by Gasteiger charge is -2.04. The Morgan fingerprint density at radius 2 is 1.84 bits per heavy atom. The van der Waals surface area contributed by atoms with Crippen LogP contribution in [0, 0.1) is 19.8 Å². The molecule has 19 heavy (non-hydrogen) atoms. The van der Waals surface area contributed by atoms with Crippen LogP contribution < -0.4 is 5.32 Å². The van der Waals surface area contributed by atoms with Crippen LogP contribution in [0.1, 0.15) is 30.9 Å². The first-order chi connectivity index (χ1) is 9.04. The first-order valence-electron chi connectivity index (χ1n) is 6.78. The second kappa shape index (κ2) is 6.02. The third-order valence-electron chi connectivity index (χ3n) is 2.89. The molecule has 0 aliphatic rings. The highest BCUT2D eigenvalue weighted by atomic mass is 16.4. The van der Waals surface area contributed by atoms with Crippen LogP contribution >= 0.6 is 0 Å². The summed E-state index contributed by atoms with van der Waals surface area (Å²) in [6.45, 7) is 10.2. The molecule has 3 heteroatoms. The molecular weight excluding hydrogens is 236 g/mol. The average molecular weight is 258 g/mol. The van der Waals surface area contributed by atoms with E-state index in [9.17, 15) is 0 Å². The summed E-state index contributed by atoms with van der Waals surface area (Å²) in [5.41, 5.74) is 3.58. The summed E-state index contributed by atoms with van der Waals surface area (Å²) in [5, 5.41) is 3.33. The van der Waals surface area contributed by atoms with Crippen LogP contribution in [-0.4, -0.2) is 11.5 Å². The maximum Gasteiger partial charge on any atom is 0.208 e. The number of nitrogens with one attached hydrogen (secondary N) is 1. The van der Waals surface area contributed by atoms with Gasteiger partial charge >= 0.3 is 0 Å². The second-order valence-corrected chi connectivity index (χ2v) is 5.52. The van der Waals surface area contributed by atoms with E-state index >= 15 is 0 Å². The number of aromatic nitrogens is 1. The lowest BCUT2D eigenvalue weighted by molar-refractivity contribution is 0.459. The van der Waals surface area contributed by atoms with E-state index in [4.69, 9.17) is 4.42 Å². The highest BCUT2D eigenvalue weighted by Crippen LogP contribution is 2.23. The maximum absolute atomic E-state index is 5.79. The molecule has 1 aromatic carbocycles. The number of benzene rings is 1. The van der Waals surface area contributed by atoms with Crippen molar-refractivity contribution in [2.24, 2.45) is 5.92 Å². The molecule has 2 rings (SSSR count). The van der Waals surface area contributed by atoms with Crippen molar-refractivity contribution < 1.29 is 4.42 Å². The molecule has 0 amide bonds. The van der Waals surface area contributed by atoms with E-state index in [0.29, 0.717) is 12.5 Å². The molecule has 0 atom stereocenters. The van der Waals surface area contributed by atoms with Gasteiger partial charge in [-0.3, -0.25) is 0 Å². The molecule has 0 unspecified atom stereocenters. The van der Waals surface area contributed by atoms with Crippen LogP contribution in [0.2, 0.25) is 0 Å². The van der Waals surface area contributed by atoms with Gasteiger partial charge < -0.3 is 9.73 Å². The van der Waals surface area contributed by atoms with Crippen LogP contribution in [-0.2, 0) is 6.54 Å². The van der Waals surface area contributed by atoms with Gasteiger partial charge in [-0.2, -0.15) is 0 Å². The van der Waals surface area contributed by atoms with E-state index < -0.39 is 0 Å². The van der Waals surface area contributed by atoms with Gasteiger partial charge in [0.1, 0.15) is 0 Å². The van der Waals surface area contributed by atoms with Gasteiger partial charge in [0.25, 0.3) is 0 Å². The molecule has 1 N–H and O–H groups in total. The molecule has 0 fully saturated rings. The Morgan fingerprint density at radius 3 is 2.47 bits per heavy atom. The minimum atomic E-state index is 0.633. The summed E-state index contributed by atoms with van der Waals surface area (Å²) < 4.78 is 5.79. The predicted octanol–water partition coefficient (Wildman–Crippen LogP) is 3.70. The van der Waals surface area contributed by atoms with Crippen molar-refractivity contribution >= 4 is 0 Å². The number of nitrogens with zero attached hydrogens (tertiary/aromatic N) is 1. The van der Waals surface area contributed by atoms with Crippen LogP contribution in [0.4, 0.5) is 0 Å². The lowest BCUT2D eigenvalue weighted by atomic mass is 10.1. The van der Waals surface area contributed by atoms with Crippen molar-refractivity contribution in [1.29, 1.82) is 0 Å². The normalized spacial score (nSPS) is 11.2. The molecular formula is C16H22N2O. The molecule has 3 nitrogen and oxygen atoms in total. The SMILES string of the molecule is Cc1cc(C)cc(-c2cnc(CNCC(C)C)o2)c1. The van der Waals surface area contributed by atoms with Gasteiger partial charge in [0, 0.05) is 5.56 Å². The zero-order valence-electron chi connectivity index (χ0n) is 12.2. The van der Waals surface area contributed by atoms with Crippen molar-refractivity contribution in [3.05, 3.63) is 41.4 Å². The molecule has 102 valence electrons. The molecule has 1 aromatic heterocycles. The Morgan fingerprint density at radius 1 is 1.16 bits per heavy atom. The minimum Gasteiger partial charge on any atom is -0.439 e. The fraction of sp³-hybridized carbons (Fsp3) is 0.438. The zero-order valence-corrected chi connectivity index (χ0v) is 12.2. The van der Waals surface area contributed by atoms with E-state index in [1.807, 2.05) is 0 Å². The number of oxazole rings is 1. The van der Waals surface area contributed by atoms with Gasteiger partial charge in [0.05, 0.1) is 12.7 Å². The maximum atomic E-state index is 5.79. The summed E-state index contributed by atoms with van der Waals surface area (Å²) in [7, 11) is 0. The monoisotopic (exact) mass is 258 g/mol. The molecule has 0 bridgehead atoms. The number of hydrogen-bond acceptors (Lipinski definition) is 3. The van der Waals surface area contributed by atoms with Crippen LogP contribution in [0.25, 0.3) is 11.3 Å². The van der Waals surface area contributed by atoms with Crippen LogP contribution in [0.3, 0.4) is 0 Å². The van der Waals surface area contributed by atoms with Gasteiger partial charge in [-0.25, -0.2) is 4.98 Å². The van der Waals surface area contributed by atoms with Crippen LogP contribution in [0.15, 0.2) is 28.8 Å². The molecule has 0 aliphatic carbocycles.